The Balaban J connectivity index is 2.86. The molecule has 1 aromatic rings. The summed E-state index contributed by atoms with van der Waals surface area (Å²) < 4.78 is 0. The van der Waals surface area contributed by atoms with Gasteiger partial charge in [0.2, 0.25) is 0 Å². The number of aryl methyl sites for hydroxylation is 1. The van der Waals surface area contributed by atoms with Crippen LogP contribution in [0.15, 0.2) is 18.3 Å². The van der Waals surface area contributed by atoms with Gasteiger partial charge in [-0.2, -0.15) is 0 Å². The lowest BCUT2D eigenvalue weighted by Gasteiger charge is -2.01. The minimum Gasteiger partial charge on any atom is -0.387 e. The summed E-state index contributed by atoms with van der Waals surface area (Å²) in [6.07, 6.45) is 2.23. The van der Waals surface area contributed by atoms with Gasteiger partial charge in [0.05, 0.1) is 5.84 Å². The molecule has 0 fully saturated rings. The fourth-order valence-electron chi connectivity index (χ4n) is 0.910. The Kier molecular flexibility index (Phi) is 2.21. The normalized spacial score (nSPS) is 9.55. The Labute approximate surface area is 65.8 Å². The van der Waals surface area contributed by atoms with Gasteiger partial charge in [0.25, 0.3) is 0 Å². The molecule has 3 heteroatoms. The molecule has 1 rings (SSSR count). The molecule has 0 aromatic carbocycles. The van der Waals surface area contributed by atoms with E-state index in [9.17, 15) is 0 Å². The quantitative estimate of drug-likeness (QED) is 0.484. The number of aromatic nitrogens is 1. The van der Waals surface area contributed by atoms with Crippen molar-refractivity contribution in [2.45, 2.75) is 13.3 Å². The van der Waals surface area contributed by atoms with Crippen molar-refractivity contribution in [3.05, 3.63) is 29.6 Å². The third-order valence-corrected chi connectivity index (χ3v) is 1.50. The van der Waals surface area contributed by atoms with Crippen LogP contribution >= 0.6 is 0 Å². The summed E-state index contributed by atoms with van der Waals surface area (Å²) in [7, 11) is 0. The highest BCUT2D eigenvalue weighted by Gasteiger charge is 1.98. The molecule has 0 saturated carbocycles. The zero-order valence-electron chi connectivity index (χ0n) is 6.46. The number of pyridine rings is 1. The molecule has 0 spiro atoms. The van der Waals surface area contributed by atoms with Crippen molar-refractivity contribution < 1.29 is 0 Å². The van der Waals surface area contributed by atoms with Crippen molar-refractivity contribution in [1.82, 2.24) is 4.98 Å². The number of hydrogen-bond acceptors (Lipinski definition) is 2. The molecule has 0 unspecified atom stereocenters. The van der Waals surface area contributed by atoms with Crippen molar-refractivity contribution >= 4 is 5.84 Å². The Morgan fingerprint density at radius 1 is 1.73 bits per heavy atom. The molecule has 0 bridgehead atoms. The Bertz CT molecular complexity index is 268. The predicted molar refractivity (Wildman–Crippen MR) is 44.6 cm³/mol. The molecule has 0 atom stereocenters. The fraction of sp³-hybridized carbons (Fsp3) is 0.250. The number of nitrogens with zero attached hydrogens (tertiary/aromatic N) is 1. The second-order valence-corrected chi connectivity index (χ2v) is 2.45. The number of hydrogen-bond donors (Lipinski definition) is 2. The maximum atomic E-state index is 7.08. The minimum absolute atomic E-state index is 0.182. The molecular weight excluding hydrogens is 138 g/mol. The van der Waals surface area contributed by atoms with Crippen LogP contribution < -0.4 is 5.73 Å². The summed E-state index contributed by atoms with van der Waals surface area (Å²) in [5.74, 6) is 0.182. The van der Waals surface area contributed by atoms with E-state index in [0.717, 1.165) is 11.3 Å². The maximum absolute atomic E-state index is 7.08. The lowest BCUT2D eigenvalue weighted by molar-refractivity contribution is 1.11. The van der Waals surface area contributed by atoms with Crippen LogP contribution in [0.1, 0.15) is 11.3 Å². The van der Waals surface area contributed by atoms with E-state index >= 15 is 0 Å². The zero-order valence-corrected chi connectivity index (χ0v) is 6.46. The number of nitrogens with one attached hydrogen (secondary N) is 1. The Morgan fingerprint density at radius 2 is 2.45 bits per heavy atom. The van der Waals surface area contributed by atoms with Gasteiger partial charge in [-0.3, -0.25) is 10.4 Å². The monoisotopic (exact) mass is 149 g/mol. The molecule has 0 aliphatic heterocycles. The van der Waals surface area contributed by atoms with Gasteiger partial charge in [0.15, 0.2) is 0 Å². The zero-order chi connectivity index (χ0) is 8.27. The van der Waals surface area contributed by atoms with E-state index in [0.29, 0.717) is 6.42 Å². The van der Waals surface area contributed by atoms with Gasteiger partial charge in [0.1, 0.15) is 0 Å². The van der Waals surface area contributed by atoms with Gasteiger partial charge < -0.3 is 5.73 Å². The average molecular weight is 149 g/mol. The van der Waals surface area contributed by atoms with Crippen LogP contribution in [0.4, 0.5) is 0 Å². The van der Waals surface area contributed by atoms with E-state index < -0.39 is 0 Å². The summed E-state index contributed by atoms with van der Waals surface area (Å²) in [5, 5.41) is 7.08. The number of nitrogens with two attached hydrogens (primary N) is 1. The number of amidine groups is 1. The SMILES string of the molecule is Cc1ncccc1CC(=N)N. The van der Waals surface area contributed by atoms with Crippen LogP contribution in [0.3, 0.4) is 0 Å². The molecule has 11 heavy (non-hydrogen) atoms. The molecule has 3 N–H and O–H groups in total. The third-order valence-electron chi connectivity index (χ3n) is 1.50. The molecule has 58 valence electrons. The molecule has 1 aromatic heterocycles. The topological polar surface area (TPSA) is 62.8 Å². The maximum Gasteiger partial charge on any atom is 0.0950 e. The molecule has 3 nitrogen and oxygen atoms in total. The highest BCUT2D eigenvalue weighted by molar-refractivity contribution is 5.79. The lowest BCUT2D eigenvalue weighted by Crippen LogP contribution is -2.13. The van der Waals surface area contributed by atoms with Crippen molar-refractivity contribution in [2.24, 2.45) is 5.73 Å². The van der Waals surface area contributed by atoms with Crippen LogP contribution in [0.25, 0.3) is 0 Å². The van der Waals surface area contributed by atoms with Crippen LogP contribution in [0.2, 0.25) is 0 Å². The number of rotatable bonds is 2. The Morgan fingerprint density at radius 3 is 3.00 bits per heavy atom. The third kappa shape index (κ3) is 2.04. The van der Waals surface area contributed by atoms with E-state index in [2.05, 4.69) is 4.98 Å². The van der Waals surface area contributed by atoms with Crippen molar-refractivity contribution in [1.29, 1.82) is 5.41 Å². The molecule has 1 heterocycles. The van der Waals surface area contributed by atoms with Gasteiger partial charge in [-0.15, -0.1) is 0 Å². The summed E-state index contributed by atoms with van der Waals surface area (Å²) in [5.41, 5.74) is 7.22. The first-order valence-electron chi connectivity index (χ1n) is 3.43. The predicted octanol–water partition coefficient (Wildman–Crippen LogP) is 0.868. The van der Waals surface area contributed by atoms with Crippen LogP contribution in [-0.2, 0) is 6.42 Å². The van der Waals surface area contributed by atoms with E-state index in [1.54, 1.807) is 6.20 Å². The molecule has 0 amide bonds. The second-order valence-electron chi connectivity index (χ2n) is 2.45. The van der Waals surface area contributed by atoms with Crippen molar-refractivity contribution in [2.75, 3.05) is 0 Å². The van der Waals surface area contributed by atoms with E-state index in [-0.39, 0.29) is 5.84 Å². The summed E-state index contributed by atoms with van der Waals surface area (Å²) >= 11 is 0. The van der Waals surface area contributed by atoms with Crippen LogP contribution in [0, 0.1) is 12.3 Å². The molecule has 0 aliphatic carbocycles. The second kappa shape index (κ2) is 3.14. The lowest BCUT2D eigenvalue weighted by atomic mass is 10.1. The van der Waals surface area contributed by atoms with E-state index in [4.69, 9.17) is 11.1 Å². The van der Waals surface area contributed by atoms with Crippen LogP contribution in [-0.4, -0.2) is 10.8 Å². The first kappa shape index (κ1) is 7.72. The largest absolute Gasteiger partial charge is 0.387 e. The average Bonchev–Trinajstić information content (AvgIpc) is 1.93. The standard InChI is InChI=1S/C8H11N3/c1-6-7(5-8(9)10)3-2-4-11-6/h2-4H,5H2,1H3,(H3,9,10). The fourth-order valence-corrected chi connectivity index (χ4v) is 0.910. The van der Waals surface area contributed by atoms with Crippen molar-refractivity contribution in [3.63, 3.8) is 0 Å². The summed E-state index contributed by atoms with van der Waals surface area (Å²) in [4.78, 5) is 4.08. The van der Waals surface area contributed by atoms with Gasteiger partial charge in [-0.1, -0.05) is 6.07 Å². The summed E-state index contributed by atoms with van der Waals surface area (Å²) in [6.45, 7) is 1.91. The van der Waals surface area contributed by atoms with Gasteiger partial charge in [0, 0.05) is 18.3 Å². The Hall–Kier alpha value is -1.38. The molecule has 0 radical (unpaired) electrons. The molecular formula is C8H11N3. The first-order chi connectivity index (χ1) is 5.20. The molecule has 0 aliphatic rings. The first-order valence-corrected chi connectivity index (χ1v) is 3.43. The highest BCUT2D eigenvalue weighted by atomic mass is 14.7. The molecule has 0 saturated heterocycles. The minimum atomic E-state index is 0.182. The van der Waals surface area contributed by atoms with E-state index in [1.807, 2.05) is 19.1 Å². The smallest absolute Gasteiger partial charge is 0.0950 e. The highest BCUT2D eigenvalue weighted by Crippen LogP contribution is 2.03. The van der Waals surface area contributed by atoms with E-state index in [1.165, 1.54) is 0 Å². The van der Waals surface area contributed by atoms with Crippen molar-refractivity contribution in [3.8, 4) is 0 Å². The van der Waals surface area contributed by atoms with Gasteiger partial charge in [-0.05, 0) is 18.6 Å². The van der Waals surface area contributed by atoms with Gasteiger partial charge >= 0.3 is 0 Å². The van der Waals surface area contributed by atoms with Gasteiger partial charge in [-0.25, -0.2) is 0 Å². The van der Waals surface area contributed by atoms with Crippen LogP contribution in [0.5, 0.6) is 0 Å². The summed E-state index contributed by atoms with van der Waals surface area (Å²) in [6, 6.07) is 3.79.